The van der Waals surface area contributed by atoms with E-state index >= 15 is 0 Å². The average Bonchev–Trinajstić information content (AvgIpc) is 2.91. The van der Waals surface area contributed by atoms with Gasteiger partial charge in [-0.2, -0.15) is 0 Å². The zero-order chi connectivity index (χ0) is 14.7. The second-order valence-corrected chi connectivity index (χ2v) is 5.30. The Hall–Kier alpha value is -2.13. The lowest BCUT2D eigenvalue weighted by Crippen LogP contribution is -2.11. The van der Waals surface area contributed by atoms with E-state index in [1.54, 1.807) is 0 Å². The fourth-order valence-corrected chi connectivity index (χ4v) is 2.82. The van der Waals surface area contributed by atoms with E-state index < -0.39 is 0 Å². The average molecular weight is 280 g/mol. The standard InChI is InChI=1S/C18H20N2O/c1-14(15-8-3-2-4-9-15)20-17-11-6-5-10-16(17)19-18(20)12-7-13-21/h2-6,8-11,14,21H,7,12-13H2,1H3/t14-/m1/s1. The number of aliphatic hydroxyl groups excluding tert-OH is 1. The van der Waals surface area contributed by atoms with Gasteiger partial charge in [0.1, 0.15) is 5.82 Å². The molecule has 0 aliphatic heterocycles. The first-order valence-corrected chi connectivity index (χ1v) is 7.43. The van der Waals surface area contributed by atoms with Gasteiger partial charge in [0.05, 0.1) is 17.1 Å². The Labute approximate surface area is 124 Å². The second-order valence-electron chi connectivity index (χ2n) is 5.30. The molecule has 0 bridgehead atoms. The van der Waals surface area contributed by atoms with Crippen molar-refractivity contribution in [2.75, 3.05) is 6.61 Å². The summed E-state index contributed by atoms with van der Waals surface area (Å²) >= 11 is 0. The maximum Gasteiger partial charge on any atom is 0.110 e. The molecule has 0 unspecified atom stereocenters. The molecule has 1 atom stereocenters. The molecular formula is C18H20N2O. The molecule has 3 aromatic rings. The number of aryl methyl sites for hydroxylation is 1. The number of nitrogens with zero attached hydrogens (tertiary/aromatic N) is 2. The summed E-state index contributed by atoms with van der Waals surface area (Å²) in [6.45, 7) is 2.40. The number of benzene rings is 2. The van der Waals surface area contributed by atoms with Crippen LogP contribution in [0.3, 0.4) is 0 Å². The van der Waals surface area contributed by atoms with Crippen molar-refractivity contribution < 1.29 is 5.11 Å². The molecule has 21 heavy (non-hydrogen) atoms. The Morgan fingerprint density at radius 2 is 1.76 bits per heavy atom. The molecule has 0 fully saturated rings. The molecular weight excluding hydrogens is 260 g/mol. The first-order chi connectivity index (χ1) is 10.3. The SMILES string of the molecule is C[C@H](c1ccccc1)n1c(CCCO)nc2ccccc21. The van der Waals surface area contributed by atoms with Crippen molar-refractivity contribution in [3.8, 4) is 0 Å². The predicted octanol–water partition coefficient (Wildman–Crippen LogP) is 3.57. The van der Waals surface area contributed by atoms with Crippen LogP contribution in [0.5, 0.6) is 0 Å². The lowest BCUT2D eigenvalue weighted by Gasteiger charge is -2.18. The summed E-state index contributed by atoms with van der Waals surface area (Å²) in [6, 6.07) is 18.9. The van der Waals surface area contributed by atoms with Gasteiger partial charge in [-0.1, -0.05) is 42.5 Å². The van der Waals surface area contributed by atoms with Gasteiger partial charge >= 0.3 is 0 Å². The molecule has 3 heteroatoms. The zero-order valence-corrected chi connectivity index (χ0v) is 12.2. The van der Waals surface area contributed by atoms with Crippen molar-refractivity contribution in [3.63, 3.8) is 0 Å². The van der Waals surface area contributed by atoms with Gasteiger partial charge in [0.2, 0.25) is 0 Å². The predicted molar refractivity (Wildman–Crippen MR) is 85.4 cm³/mol. The van der Waals surface area contributed by atoms with Crippen LogP contribution in [0, 0.1) is 0 Å². The number of aromatic nitrogens is 2. The number of fused-ring (bicyclic) bond motifs is 1. The van der Waals surface area contributed by atoms with E-state index in [0.717, 1.165) is 29.7 Å². The Morgan fingerprint density at radius 1 is 1.05 bits per heavy atom. The highest BCUT2D eigenvalue weighted by atomic mass is 16.2. The fourth-order valence-electron chi connectivity index (χ4n) is 2.82. The van der Waals surface area contributed by atoms with E-state index in [1.165, 1.54) is 5.56 Å². The molecule has 1 N–H and O–H groups in total. The Bertz CT molecular complexity index is 718. The van der Waals surface area contributed by atoms with Crippen molar-refractivity contribution in [1.82, 2.24) is 9.55 Å². The van der Waals surface area contributed by atoms with Gasteiger partial charge in [0, 0.05) is 13.0 Å². The molecule has 0 aliphatic rings. The van der Waals surface area contributed by atoms with Gasteiger partial charge in [-0.15, -0.1) is 0 Å². The second kappa shape index (κ2) is 6.10. The number of hydrogen-bond donors (Lipinski definition) is 1. The number of hydrogen-bond acceptors (Lipinski definition) is 2. The van der Waals surface area contributed by atoms with Crippen molar-refractivity contribution in [2.45, 2.75) is 25.8 Å². The van der Waals surface area contributed by atoms with Crippen LogP contribution in [-0.2, 0) is 6.42 Å². The van der Waals surface area contributed by atoms with E-state index in [0.29, 0.717) is 0 Å². The summed E-state index contributed by atoms with van der Waals surface area (Å²) in [7, 11) is 0. The minimum atomic E-state index is 0.197. The van der Waals surface area contributed by atoms with E-state index in [4.69, 9.17) is 10.1 Å². The quantitative estimate of drug-likeness (QED) is 0.776. The molecule has 3 rings (SSSR count). The van der Waals surface area contributed by atoms with Crippen LogP contribution in [0.1, 0.15) is 30.8 Å². The molecule has 0 saturated carbocycles. The minimum Gasteiger partial charge on any atom is -0.396 e. The summed E-state index contributed by atoms with van der Waals surface area (Å²) in [5.74, 6) is 1.04. The third kappa shape index (κ3) is 2.69. The third-order valence-corrected chi connectivity index (χ3v) is 3.90. The van der Waals surface area contributed by atoms with Crippen molar-refractivity contribution in [3.05, 3.63) is 66.0 Å². The van der Waals surface area contributed by atoms with Gasteiger partial charge < -0.3 is 9.67 Å². The molecule has 0 saturated heterocycles. The first-order valence-electron chi connectivity index (χ1n) is 7.43. The zero-order valence-electron chi connectivity index (χ0n) is 12.2. The van der Waals surface area contributed by atoms with E-state index in [1.807, 2.05) is 24.3 Å². The highest BCUT2D eigenvalue weighted by Gasteiger charge is 2.16. The molecule has 3 nitrogen and oxygen atoms in total. The van der Waals surface area contributed by atoms with Gasteiger partial charge in [-0.3, -0.25) is 0 Å². The molecule has 0 radical (unpaired) electrons. The van der Waals surface area contributed by atoms with Gasteiger partial charge in [-0.05, 0) is 31.0 Å². The molecule has 0 aliphatic carbocycles. The van der Waals surface area contributed by atoms with E-state index in [9.17, 15) is 0 Å². The molecule has 1 aromatic heterocycles. The molecule has 0 spiro atoms. The van der Waals surface area contributed by atoms with Crippen LogP contribution in [0.2, 0.25) is 0 Å². The molecule has 108 valence electrons. The van der Waals surface area contributed by atoms with Crippen LogP contribution in [0.4, 0.5) is 0 Å². The maximum absolute atomic E-state index is 9.11. The lowest BCUT2D eigenvalue weighted by atomic mass is 10.1. The van der Waals surface area contributed by atoms with Crippen LogP contribution < -0.4 is 0 Å². The Kier molecular flexibility index (Phi) is 4.02. The summed E-state index contributed by atoms with van der Waals surface area (Å²) in [6.07, 6.45) is 1.53. The molecule has 0 amide bonds. The Morgan fingerprint density at radius 3 is 2.52 bits per heavy atom. The summed E-state index contributed by atoms with van der Waals surface area (Å²) in [5.41, 5.74) is 3.45. The third-order valence-electron chi connectivity index (χ3n) is 3.90. The van der Waals surface area contributed by atoms with Crippen LogP contribution in [0.15, 0.2) is 54.6 Å². The van der Waals surface area contributed by atoms with Gasteiger partial charge in [-0.25, -0.2) is 4.98 Å². The largest absolute Gasteiger partial charge is 0.396 e. The number of para-hydroxylation sites is 2. The summed E-state index contributed by atoms with van der Waals surface area (Å²) in [4.78, 5) is 4.75. The van der Waals surface area contributed by atoms with E-state index in [2.05, 4.69) is 41.8 Å². The highest BCUT2D eigenvalue weighted by Crippen LogP contribution is 2.26. The fraction of sp³-hybridized carbons (Fsp3) is 0.278. The molecule has 1 heterocycles. The van der Waals surface area contributed by atoms with Crippen molar-refractivity contribution in [1.29, 1.82) is 0 Å². The number of rotatable bonds is 5. The van der Waals surface area contributed by atoms with Gasteiger partial charge in [0.25, 0.3) is 0 Å². The van der Waals surface area contributed by atoms with E-state index in [-0.39, 0.29) is 12.6 Å². The van der Waals surface area contributed by atoms with Crippen LogP contribution in [-0.4, -0.2) is 21.3 Å². The van der Waals surface area contributed by atoms with Crippen LogP contribution >= 0.6 is 0 Å². The minimum absolute atomic E-state index is 0.197. The smallest absolute Gasteiger partial charge is 0.110 e. The summed E-state index contributed by atoms with van der Waals surface area (Å²) < 4.78 is 2.29. The lowest BCUT2D eigenvalue weighted by molar-refractivity contribution is 0.286. The topological polar surface area (TPSA) is 38.0 Å². The van der Waals surface area contributed by atoms with Gasteiger partial charge in [0.15, 0.2) is 0 Å². The van der Waals surface area contributed by atoms with Crippen molar-refractivity contribution >= 4 is 11.0 Å². The monoisotopic (exact) mass is 280 g/mol. The normalized spacial score (nSPS) is 12.7. The van der Waals surface area contributed by atoms with Crippen LogP contribution in [0.25, 0.3) is 11.0 Å². The summed E-state index contributed by atoms with van der Waals surface area (Å²) in [5, 5.41) is 9.11. The highest BCUT2D eigenvalue weighted by molar-refractivity contribution is 5.76. The Balaban J connectivity index is 2.10. The maximum atomic E-state index is 9.11. The van der Waals surface area contributed by atoms with Crippen molar-refractivity contribution in [2.24, 2.45) is 0 Å². The number of aliphatic hydroxyl groups is 1. The first kappa shape index (κ1) is 13.8. The molecule has 2 aromatic carbocycles. The number of imidazole rings is 1.